The number of carbonyl (C=O) groups is 1. The largest absolute Gasteiger partial charge is 0.573 e. The highest BCUT2D eigenvalue weighted by molar-refractivity contribution is 5.87. The highest BCUT2D eigenvalue weighted by atomic mass is 19.4. The summed E-state index contributed by atoms with van der Waals surface area (Å²) in [5.74, 6) is 0.876. The molecule has 1 unspecified atom stereocenters. The van der Waals surface area contributed by atoms with Gasteiger partial charge in [-0.15, -0.1) is 18.7 Å². The second kappa shape index (κ2) is 13.7. The predicted molar refractivity (Wildman–Crippen MR) is 142 cm³/mol. The molecule has 0 spiro atoms. The van der Waals surface area contributed by atoms with E-state index in [4.69, 9.17) is 9.94 Å². The summed E-state index contributed by atoms with van der Waals surface area (Å²) in [6, 6.07) is 9.40. The van der Waals surface area contributed by atoms with Crippen molar-refractivity contribution < 1.29 is 32.6 Å². The maximum atomic E-state index is 12.8. The molecular formula is C28H37F3N4O4. The molecule has 1 fully saturated rings. The van der Waals surface area contributed by atoms with Crippen LogP contribution in [0.2, 0.25) is 0 Å². The van der Waals surface area contributed by atoms with Gasteiger partial charge in [-0.05, 0) is 50.8 Å². The van der Waals surface area contributed by atoms with Crippen LogP contribution in [0.4, 0.5) is 19.0 Å². The van der Waals surface area contributed by atoms with E-state index >= 15 is 0 Å². The van der Waals surface area contributed by atoms with Crippen LogP contribution in [0, 0.1) is 5.92 Å². The number of hydrogen-bond acceptors (Lipinski definition) is 7. The molecule has 1 saturated carbocycles. The molecule has 0 saturated heterocycles. The summed E-state index contributed by atoms with van der Waals surface area (Å²) in [5.41, 5.74) is 4.54. The number of anilines is 1. The lowest BCUT2D eigenvalue weighted by Gasteiger charge is -2.21. The van der Waals surface area contributed by atoms with Gasteiger partial charge in [-0.3, -0.25) is 0 Å². The lowest BCUT2D eigenvalue weighted by Crippen LogP contribution is -2.31. The van der Waals surface area contributed by atoms with Crippen molar-refractivity contribution in [2.75, 3.05) is 25.0 Å². The molecule has 1 aromatic heterocycles. The van der Waals surface area contributed by atoms with E-state index in [0.29, 0.717) is 24.1 Å². The molecule has 2 aliphatic rings. The normalized spacial score (nSPS) is 17.0. The molecule has 39 heavy (non-hydrogen) atoms. The highest BCUT2D eigenvalue weighted by Gasteiger charge is 2.40. The first-order valence-electron chi connectivity index (χ1n) is 13.2. The minimum Gasteiger partial charge on any atom is -0.478 e. The summed E-state index contributed by atoms with van der Waals surface area (Å²) in [4.78, 5) is 22.1. The van der Waals surface area contributed by atoms with Crippen molar-refractivity contribution in [3.63, 3.8) is 0 Å². The van der Waals surface area contributed by atoms with E-state index < -0.39 is 18.4 Å². The first-order valence-corrected chi connectivity index (χ1v) is 13.2. The van der Waals surface area contributed by atoms with Crippen LogP contribution in [-0.4, -0.2) is 48.6 Å². The molecule has 1 aliphatic carbocycles. The fourth-order valence-corrected chi connectivity index (χ4v) is 4.20. The Bertz CT molecular complexity index is 1120. The van der Waals surface area contributed by atoms with Crippen LogP contribution in [0.5, 0.6) is 5.75 Å². The Labute approximate surface area is 227 Å². The molecule has 214 valence electrons. The van der Waals surface area contributed by atoms with Gasteiger partial charge in [0.1, 0.15) is 17.3 Å². The van der Waals surface area contributed by atoms with Gasteiger partial charge >= 0.3 is 12.3 Å². The smallest absolute Gasteiger partial charge is 0.478 e. The molecular weight excluding hydrogens is 513 g/mol. The number of aromatic carboxylic acids is 1. The SMILES string of the molecule is CCC(CC)NCC1=C(C2CC2)ONC1c1ccccc1OC(F)(F)F.CCN(C)c1ccc(C(=O)O)cn1. The van der Waals surface area contributed by atoms with Gasteiger partial charge in [0, 0.05) is 49.4 Å². The van der Waals surface area contributed by atoms with Crippen LogP contribution in [0.3, 0.4) is 0 Å². The molecule has 8 nitrogen and oxygen atoms in total. The van der Waals surface area contributed by atoms with Gasteiger partial charge in [0.05, 0.1) is 11.6 Å². The standard InChI is InChI=1S/C19H25F3N2O2.C9H12N2O2/c1-3-13(4-2)23-11-15-17(24-26-18(15)12-9-10-12)14-7-5-6-8-16(14)25-19(20,21)22;1-3-11(2)8-5-4-7(6-10-8)9(12)13/h5-8,12-13,17,23-24H,3-4,9-11H2,1-2H3;4-6H,3H2,1-2H3,(H,12,13). The van der Waals surface area contributed by atoms with Crippen molar-refractivity contribution >= 4 is 11.8 Å². The van der Waals surface area contributed by atoms with E-state index in [1.807, 2.05) is 18.9 Å². The summed E-state index contributed by atoms with van der Waals surface area (Å²) in [6.07, 6.45) is 0.735. The molecule has 2 heterocycles. The van der Waals surface area contributed by atoms with Crippen LogP contribution < -0.4 is 20.4 Å². The van der Waals surface area contributed by atoms with Crippen LogP contribution in [0.1, 0.15) is 68.4 Å². The van der Waals surface area contributed by atoms with Crippen molar-refractivity contribution in [1.82, 2.24) is 15.8 Å². The summed E-state index contributed by atoms with van der Waals surface area (Å²) < 4.78 is 42.5. The number of aromatic nitrogens is 1. The Hall–Kier alpha value is -3.31. The molecule has 3 N–H and O–H groups in total. The van der Waals surface area contributed by atoms with Crippen LogP contribution in [0.15, 0.2) is 53.9 Å². The number of pyridine rings is 1. The molecule has 0 bridgehead atoms. The van der Waals surface area contributed by atoms with Crippen LogP contribution in [-0.2, 0) is 4.84 Å². The number of rotatable bonds is 11. The third kappa shape index (κ3) is 8.59. The minimum atomic E-state index is -4.73. The zero-order valence-electron chi connectivity index (χ0n) is 22.7. The van der Waals surface area contributed by atoms with Crippen molar-refractivity contribution in [3.05, 3.63) is 65.1 Å². The first kappa shape index (κ1) is 30.2. The summed E-state index contributed by atoms with van der Waals surface area (Å²) in [5, 5.41) is 12.1. The molecule has 11 heteroatoms. The fraction of sp³-hybridized carbons (Fsp3) is 0.500. The Balaban J connectivity index is 0.000000272. The number of para-hydroxylation sites is 1. The molecule has 1 atom stereocenters. The fourth-order valence-electron chi connectivity index (χ4n) is 4.20. The minimum absolute atomic E-state index is 0.196. The first-order chi connectivity index (χ1) is 18.6. The molecule has 2 aromatic rings. The Kier molecular flexibility index (Phi) is 10.6. The van der Waals surface area contributed by atoms with Crippen molar-refractivity contribution in [1.29, 1.82) is 0 Å². The quantitative estimate of drug-likeness (QED) is 0.321. The topological polar surface area (TPSA) is 96.0 Å². The Morgan fingerprint density at radius 3 is 2.44 bits per heavy atom. The third-order valence-electron chi connectivity index (χ3n) is 6.78. The Morgan fingerprint density at radius 2 is 1.90 bits per heavy atom. The number of alkyl halides is 3. The molecule has 4 rings (SSSR count). The van der Waals surface area contributed by atoms with Gasteiger partial charge in [-0.25, -0.2) is 9.78 Å². The summed E-state index contributed by atoms with van der Waals surface area (Å²) in [6.45, 7) is 7.66. The third-order valence-corrected chi connectivity index (χ3v) is 6.78. The number of carboxylic acids is 1. The monoisotopic (exact) mass is 550 g/mol. The number of hydrogen-bond donors (Lipinski definition) is 3. The highest BCUT2D eigenvalue weighted by Crippen LogP contribution is 2.45. The number of benzene rings is 1. The van der Waals surface area contributed by atoms with E-state index in [1.165, 1.54) is 18.3 Å². The van der Waals surface area contributed by atoms with Gasteiger partial charge in [-0.2, -0.15) is 0 Å². The number of nitrogens with zero attached hydrogens (tertiary/aromatic N) is 2. The van der Waals surface area contributed by atoms with Crippen molar-refractivity contribution in [2.24, 2.45) is 5.92 Å². The Morgan fingerprint density at radius 1 is 1.21 bits per heavy atom. The van der Waals surface area contributed by atoms with Gasteiger partial charge < -0.3 is 24.9 Å². The number of nitrogens with one attached hydrogen (secondary N) is 2. The van der Waals surface area contributed by atoms with Crippen molar-refractivity contribution in [3.8, 4) is 5.75 Å². The number of allylic oxidation sites excluding steroid dienone is 1. The molecule has 1 aromatic carbocycles. The van der Waals surface area contributed by atoms with Crippen molar-refractivity contribution in [2.45, 2.75) is 64.9 Å². The lowest BCUT2D eigenvalue weighted by molar-refractivity contribution is -0.275. The number of carboxylic acid groups (broad SMARTS) is 1. The van der Waals surface area contributed by atoms with Gasteiger partial charge in [0.25, 0.3) is 0 Å². The summed E-state index contributed by atoms with van der Waals surface area (Å²) in [7, 11) is 1.91. The van der Waals surface area contributed by atoms with E-state index in [0.717, 1.165) is 49.4 Å². The average molecular weight is 551 g/mol. The molecule has 0 amide bonds. The van der Waals surface area contributed by atoms with E-state index in [-0.39, 0.29) is 11.3 Å². The predicted octanol–water partition coefficient (Wildman–Crippen LogP) is 5.84. The number of ether oxygens (including phenoxy) is 1. The van der Waals surface area contributed by atoms with Crippen LogP contribution >= 0.6 is 0 Å². The van der Waals surface area contributed by atoms with E-state index in [9.17, 15) is 18.0 Å². The van der Waals surface area contributed by atoms with Gasteiger partial charge in [0.2, 0.25) is 0 Å². The van der Waals surface area contributed by atoms with Crippen LogP contribution in [0.25, 0.3) is 0 Å². The zero-order chi connectivity index (χ0) is 28.6. The van der Waals surface area contributed by atoms with E-state index in [2.05, 4.69) is 34.4 Å². The van der Waals surface area contributed by atoms with Gasteiger partial charge in [0.15, 0.2) is 0 Å². The molecule has 0 radical (unpaired) electrons. The second-order valence-corrected chi connectivity index (χ2v) is 9.52. The summed E-state index contributed by atoms with van der Waals surface area (Å²) >= 11 is 0. The number of halogens is 3. The second-order valence-electron chi connectivity index (χ2n) is 9.52. The zero-order valence-corrected chi connectivity index (χ0v) is 22.7. The van der Waals surface area contributed by atoms with E-state index in [1.54, 1.807) is 24.3 Å². The maximum Gasteiger partial charge on any atom is 0.573 e. The lowest BCUT2D eigenvalue weighted by atomic mass is 9.96. The maximum absolute atomic E-state index is 12.8. The average Bonchev–Trinajstić information content (AvgIpc) is 3.68. The van der Waals surface area contributed by atoms with Gasteiger partial charge in [-0.1, -0.05) is 32.0 Å². The number of hydroxylamine groups is 1. The molecule has 1 aliphatic heterocycles.